The van der Waals surface area contributed by atoms with Gasteiger partial charge in [0.05, 0.1) is 19.0 Å². The van der Waals surface area contributed by atoms with Gasteiger partial charge in [0, 0.05) is 24.0 Å². The largest absolute Gasteiger partial charge is 0.372 e. The predicted octanol–water partition coefficient (Wildman–Crippen LogP) is 6.39. The smallest absolute Gasteiger partial charge is 0.0946 e. The van der Waals surface area contributed by atoms with E-state index in [1.54, 1.807) is 6.20 Å². The normalized spacial score (nSPS) is 12.7. The average Bonchev–Trinajstić information content (AvgIpc) is 3.16. The van der Waals surface area contributed by atoms with E-state index in [9.17, 15) is 0 Å². The van der Waals surface area contributed by atoms with Gasteiger partial charge in [0.15, 0.2) is 0 Å². The van der Waals surface area contributed by atoms with Crippen LogP contribution in [-0.4, -0.2) is 22.3 Å². The Labute approximate surface area is 163 Å². The summed E-state index contributed by atoms with van der Waals surface area (Å²) in [5.41, 5.74) is 1.13. The van der Waals surface area contributed by atoms with Crippen LogP contribution in [0.2, 0.25) is 5.02 Å². The first-order chi connectivity index (χ1) is 12.8. The van der Waals surface area contributed by atoms with Crippen molar-refractivity contribution < 1.29 is 4.74 Å². The molecule has 0 aliphatic carbocycles. The lowest BCUT2D eigenvalue weighted by atomic mass is 10.1. The summed E-state index contributed by atoms with van der Waals surface area (Å²) in [4.78, 5) is 4.12. The highest BCUT2D eigenvalue weighted by atomic mass is 35.5. The number of benzene rings is 1. The molecule has 0 saturated carbocycles. The first-order valence-corrected chi connectivity index (χ1v) is 10.2. The van der Waals surface area contributed by atoms with Crippen LogP contribution < -0.4 is 0 Å². The van der Waals surface area contributed by atoms with Crippen molar-refractivity contribution >= 4 is 17.7 Å². The molecule has 0 fully saturated rings. The first-order valence-electron chi connectivity index (χ1n) is 9.79. The van der Waals surface area contributed by atoms with E-state index in [2.05, 4.69) is 28.6 Å². The quantitative estimate of drug-likeness (QED) is 0.380. The molecule has 0 saturated heterocycles. The zero-order valence-electron chi connectivity index (χ0n) is 15.8. The summed E-state index contributed by atoms with van der Waals surface area (Å²) >= 11 is 5.95. The number of unbranched alkanes of at least 4 members (excludes halogenated alkanes) is 6. The number of ether oxygens (including phenoxy) is 1. The van der Waals surface area contributed by atoms with E-state index < -0.39 is 0 Å². The van der Waals surface area contributed by atoms with Gasteiger partial charge in [0.25, 0.3) is 0 Å². The molecule has 0 bridgehead atoms. The molecule has 142 valence electrons. The van der Waals surface area contributed by atoms with Gasteiger partial charge in [-0.1, -0.05) is 81.3 Å². The van der Waals surface area contributed by atoms with E-state index in [1.165, 1.54) is 38.5 Å². The lowest BCUT2D eigenvalue weighted by Gasteiger charge is -2.15. The van der Waals surface area contributed by atoms with E-state index in [1.807, 2.05) is 36.8 Å². The van der Waals surface area contributed by atoms with Crippen molar-refractivity contribution in [1.29, 1.82) is 0 Å². The van der Waals surface area contributed by atoms with Gasteiger partial charge in [-0.05, 0) is 24.1 Å². The van der Waals surface area contributed by atoms with Crippen LogP contribution in [0.4, 0.5) is 0 Å². The molecular formula is C22H31ClN2O. The number of imidazole rings is 1. The Bertz CT molecular complexity index is 608. The molecule has 0 amide bonds. The molecule has 0 N–H and O–H groups in total. The van der Waals surface area contributed by atoms with Gasteiger partial charge in [-0.3, -0.25) is 0 Å². The highest BCUT2D eigenvalue weighted by Gasteiger charge is 2.06. The van der Waals surface area contributed by atoms with Gasteiger partial charge in [-0.2, -0.15) is 0 Å². The van der Waals surface area contributed by atoms with Crippen molar-refractivity contribution in [3.05, 3.63) is 59.6 Å². The van der Waals surface area contributed by atoms with Crippen LogP contribution in [0.25, 0.3) is 6.08 Å². The molecule has 0 radical (unpaired) electrons. The van der Waals surface area contributed by atoms with Crippen molar-refractivity contribution in [2.24, 2.45) is 0 Å². The van der Waals surface area contributed by atoms with Crippen molar-refractivity contribution in [3.63, 3.8) is 0 Å². The predicted molar refractivity (Wildman–Crippen MR) is 110 cm³/mol. The number of hydrogen-bond donors (Lipinski definition) is 0. The Morgan fingerprint density at radius 3 is 2.50 bits per heavy atom. The van der Waals surface area contributed by atoms with E-state index in [4.69, 9.17) is 16.3 Å². The third-order valence-corrected chi connectivity index (χ3v) is 4.66. The zero-order valence-corrected chi connectivity index (χ0v) is 16.6. The molecule has 1 aromatic carbocycles. The number of halogens is 1. The summed E-state index contributed by atoms with van der Waals surface area (Å²) in [7, 11) is 0. The third-order valence-electron chi connectivity index (χ3n) is 4.40. The highest BCUT2D eigenvalue weighted by molar-refractivity contribution is 6.30. The summed E-state index contributed by atoms with van der Waals surface area (Å²) in [6.45, 7) is 3.84. The molecule has 0 aliphatic rings. The van der Waals surface area contributed by atoms with Crippen LogP contribution in [0.1, 0.15) is 57.4 Å². The summed E-state index contributed by atoms with van der Waals surface area (Å²) in [6, 6.07) is 7.85. The van der Waals surface area contributed by atoms with Crippen LogP contribution in [0.3, 0.4) is 0 Å². The minimum atomic E-state index is 0.0416. The van der Waals surface area contributed by atoms with E-state index >= 15 is 0 Å². The van der Waals surface area contributed by atoms with Crippen molar-refractivity contribution in [1.82, 2.24) is 9.55 Å². The molecule has 0 spiro atoms. The zero-order chi connectivity index (χ0) is 18.5. The Morgan fingerprint density at radius 2 is 1.81 bits per heavy atom. The second kappa shape index (κ2) is 12.7. The van der Waals surface area contributed by atoms with E-state index in [0.717, 1.165) is 30.2 Å². The lowest BCUT2D eigenvalue weighted by Crippen LogP contribution is -2.17. The number of nitrogens with zero attached hydrogens (tertiary/aromatic N) is 2. The first kappa shape index (κ1) is 20.7. The maximum absolute atomic E-state index is 6.13. The number of rotatable bonds is 13. The third kappa shape index (κ3) is 8.68. The van der Waals surface area contributed by atoms with Gasteiger partial charge in [0.1, 0.15) is 0 Å². The second-order valence-corrected chi connectivity index (χ2v) is 7.14. The fraction of sp³-hybridized carbons (Fsp3) is 0.500. The fourth-order valence-electron chi connectivity index (χ4n) is 2.86. The molecule has 4 heteroatoms. The van der Waals surface area contributed by atoms with Crippen LogP contribution >= 0.6 is 11.6 Å². The molecule has 1 atom stereocenters. The molecular weight excluding hydrogens is 344 g/mol. The Kier molecular flexibility index (Phi) is 10.1. The fourth-order valence-corrected chi connectivity index (χ4v) is 2.98. The molecule has 1 unspecified atom stereocenters. The Balaban J connectivity index is 1.77. The van der Waals surface area contributed by atoms with Crippen molar-refractivity contribution in [3.8, 4) is 0 Å². The Morgan fingerprint density at radius 1 is 1.08 bits per heavy atom. The number of hydrogen-bond acceptors (Lipinski definition) is 2. The van der Waals surface area contributed by atoms with Crippen LogP contribution in [0.15, 0.2) is 49.1 Å². The van der Waals surface area contributed by atoms with Gasteiger partial charge in [-0.15, -0.1) is 0 Å². The van der Waals surface area contributed by atoms with Crippen LogP contribution in [-0.2, 0) is 11.3 Å². The van der Waals surface area contributed by atoms with E-state index in [0.29, 0.717) is 0 Å². The molecule has 1 heterocycles. The summed E-state index contributed by atoms with van der Waals surface area (Å²) in [5.74, 6) is 0. The Hall–Kier alpha value is -1.58. The molecule has 1 aromatic heterocycles. The minimum absolute atomic E-state index is 0.0416. The lowest BCUT2D eigenvalue weighted by molar-refractivity contribution is 0.0710. The SMILES string of the molecule is CCCCCCCCCOC(/C=C/c1ccc(Cl)cc1)Cn1ccnc1. The summed E-state index contributed by atoms with van der Waals surface area (Å²) < 4.78 is 8.18. The molecule has 2 aromatic rings. The van der Waals surface area contributed by atoms with Crippen molar-refractivity contribution in [2.45, 2.75) is 64.5 Å². The summed E-state index contributed by atoms with van der Waals surface area (Å²) in [6.07, 6.45) is 19.0. The molecule has 3 nitrogen and oxygen atoms in total. The van der Waals surface area contributed by atoms with Gasteiger partial charge in [-0.25, -0.2) is 4.98 Å². The minimum Gasteiger partial charge on any atom is -0.372 e. The molecule has 26 heavy (non-hydrogen) atoms. The standard InChI is InChI=1S/C22H31ClN2O/c1-2-3-4-5-6-7-8-17-26-22(18-25-16-15-24-19-25)14-11-20-9-12-21(23)13-10-20/h9-16,19,22H,2-8,17-18H2,1H3/b14-11+. The summed E-state index contributed by atoms with van der Waals surface area (Å²) in [5, 5.41) is 0.757. The van der Waals surface area contributed by atoms with E-state index in [-0.39, 0.29) is 6.10 Å². The van der Waals surface area contributed by atoms with Gasteiger partial charge in [0.2, 0.25) is 0 Å². The van der Waals surface area contributed by atoms with Gasteiger partial charge >= 0.3 is 0 Å². The topological polar surface area (TPSA) is 27.1 Å². The monoisotopic (exact) mass is 374 g/mol. The van der Waals surface area contributed by atoms with Gasteiger partial charge < -0.3 is 9.30 Å². The van der Waals surface area contributed by atoms with Crippen molar-refractivity contribution in [2.75, 3.05) is 6.61 Å². The maximum Gasteiger partial charge on any atom is 0.0946 e. The highest BCUT2D eigenvalue weighted by Crippen LogP contribution is 2.13. The molecule has 2 rings (SSSR count). The molecule has 0 aliphatic heterocycles. The van der Waals surface area contributed by atoms with Crippen LogP contribution in [0, 0.1) is 0 Å². The van der Waals surface area contributed by atoms with Crippen LogP contribution in [0.5, 0.6) is 0 Å². The number of aromatic nitrogens is 2. The second-order valence-electron chi connectivity index (χ2n) is 6.70. The average molecular weight is 375 g/mol. The maximum atomic E-state index is 6.13.